The molecule has 4 rings (SSSR count). The van der Waals surface area contributed by atoms with Crippen molar-refractivity contribution in [3.8, 4) is 5.75 Å². The average molecular weight is 464 g/mol. The van der Waals surface area contributed by atoms with Gasteiger partial charge in [0, 0.05) is 48.4 Å². The molecule has 33 heavy (non-hydrogen) atoms. The van der Waals surface area contributed by atoms with E-state index in [0.717, 1.165) is 10.7 Å². The largest absolute Gasteiger partial charge is 0.484 e. The molecular formula is C25H25N3O4S. The Morgan fingerprint density at radius 1 is 0.879 bits per heavy atom. The van der Waals surface area contributed by atoms with Gasteiger partial charge in [-0.2, -0.15) is 0 Å². The maximum atomic E-state index is 12.5. The van der Waals surface area contributed by atoms with Gasteiger partial charge in [-0.25, -0.2) is 4.98 Å². The van der Waals surface area contributed by atoms with Crippen molar-refractivity contribution in [3.63, 3.8) is 0 Å². The molecule has 1 saturated heterocycles. The number of carbonyl (C=O) groups is 3. The molecule has 170 valence electrons. The molecular weight excluding hydrogens is 438 g/mol. The summed E-state index contributed by atoms with van der Waals surface area (Å²) in [5.41, 5.74) is 2.12. The van der Waals surface area contributed by atoms with Gasteiger partial charge >= 0.3 is 0 Å². The molecule has 1 aliphatic rings. The lowest BCUT2D eigenvalue weighted by atomic mass is 10.0. The number of ketones is 1. The van der Waals surface area contributed by atoms with Crippen LogP contribution in [0.2, 0.25) is 0 Å². The van der Waals surface area contributed by atoms with Crippen LogP contribution in [-0.4, -0.2) is 65.2 Å². The zero-order chi connectivity index (χ0) is 23.2. The summed E-state index contributed by atoms with van der Waals surface area (Å²) < 4.78 is 5.63. The molecule has 0 aliphatic carbocycles. The highest BCUT2D eigenvalue weighted by Gasteiger charge is 2.25. The van der Waals surface area contributed by atoms with Crippen LogP contribution in [-0.2, 0) is 16.0 Å². The van der Waals surface area contributed by atoms with Gasteiger partial charge in [-0.05, 0) is 31.2 Å². The first kappa shape index (κ1) is 22.7. The fourth-order valence-corrected chi connectivity index (χ4v) is 4.39. The van der Waals surface area contributed by atoms with E-state index < -0.39 is 0 Å². The topological polar surface area (TPSA) is 79.8 Å². The molecule has 0 atom stereocenters. The summed E-state index contributed by atoms with van der Waals surface area (Å²) in [6.07, 6.45) is 0.304. The number of ether oxygens (including phenoxy) is 1. The first-order valence-electron chi connectivity index (χ1n) is 10.8. The van der Waals surface area contributed by atoms with E-state index in [9.17, 15) is 14.4 Å². The highest BCUT2D eigenvalue weighted by Crippen LogP contribution is 2.16. The van der Waals surface area contributed by atoms with E-state index >= 15 is 0 Å². The van der Waals surface area contributed by atoms with Crippen LogP contribution in [0, 0.1) is 6.92 Å². The van der Waals surface area contributed by atoms with Crippen molar-refractivity contribution in [2.45, 2.75) is 13.3 Å². The normalized spacial score (nSPS) is 13.6. The molecule has 1 aliphatic heterocycles. The van der Waals surface area contributed by atoms with Crippen molar-refractivity contribution >= 4 is 28.9 Å². The first-order chi connectivity index (χ1) is 16.0. The van der Waals surface area contributed by atoms with E-state index in [2.05, 4.69) is 4.98 Å². The van der Waals surface area contributed by atoms with E-state index in [1.807, 2.05) is 30.5 Å². The Hall–Kier alpha value is -3.52. The standard InChI is InChI=1S/C25H25N3O4S/c1-18-17-33-22(26-18)15-23(29)27-11-13-28(14-12-27)24(30)16-32-21-9-7-20(8-10-21)25(31)19-5-3-2-4-6-19/h2-10,17H,11-16H2,1H3. The molecule has 0 N–H and O–H groups in total. The molecule has 7 nitrogen and oxygen atoms in total. The number of hydrogen-bond donors (Lipinski definition) is 0. The van der Waals surface area contributed by atoms with Gasteiger partial charge in [-0.1, -0.05) is 30.3 Å². The minimum atomic E-state index is -0.123. The zero-order valence-corrected chi connectivity index (χ0v) is 19.2. The second-order valence-electron chi connectivity index (χ2n) is 7.83. The number of piperazine rings is 1. The Morgan fingerprint density at radius 3 is 2.09 bits per heavy atom. The molecule has 2 aromatic carbocycles. The number of carbonyl (C=O) groups excluding carboxylic acids is 3. The third-order valence-electron chi connectivity index (χ3n) is 5.47. The van der Waals surface area contributed by atoms with E-state index in [4.69, 9.17) is 4.74 Å². The summed E-state index contributed by atoms with van der Waals surface area (Å²) in [5, 5.41) is 2.76. The van der Waals surface area contributed by atoms with Gasteiger partial charge in [0.25, 0.3) is 5.91 Å². The SMILES string of the molecule is Cc1csc(CC(=O)N2CCN(C(=O)COc3ccc(C(=O)c4ccccc4)cc3)CC2)n1. The van der Waals surface area contributed by atoms with Crippen LogP contribution in [0.15, 0.2) is 60.0 Å². The molecule has 0 unspecified atom stereocenters. The molecule has 0 bridgehead atoms. The summed E-state index contributed by atoms with van der Waals surface area (Å²) in [7, 11) is 0. The van der Waals surface area contributed by atoms with Gasteiger partial charge in [0.05, 0.1) is 6.42 Å². The number of thiazole rings is 1. The number of hydrogen-bond acceptors (Lipinski definition) is 6. The van der Waals surface area contributed by atoms with E-state index in [0.29, 0.717) is 49.5 Å². The van der Waals surface area contributed by atoms with Crippen LogP contribution >= 0.6 is 11.3 Å². The summed E-state index contributed by atoms with van der Waals surface area (Å²) in [5.74, 6) is 0.385. The minimum Gasteiger partial charge on any atom is -0.484 e. The van der Waals surface area contributed by atoms with Crippen molar-refractivity contribution in [1.29, 1.82) is 0 Å². The monoisotopic (exact) mass is 463 g/mol. The third kappa shape index (κ3) is 5.84. The fraction of sp³-hybridized carbons (Fsp3) is 0.280. The zero-order valence-electron chi connectivity index (χ0n) is 18.4. The molecule has 2 heterocycles. The Kier molecular flexibility index (Phi) is 7.14. The van der Waals surface area contributed by atoms with Crippen molar-refractivity contribution in [3.05, 3.63) is 81.8 Å². The van der Waals surface area contributed by atoms with Gasteiger partial charge in [-0.15, -0.1) is 11.3 Å². The van der Waals surface area contributed by atoms with Crippen LogP contribution in [0.5, 0.6) is 5.75 Å². The molecule has 0 radical (unpaired) electrons. The summed E-state index contributed by atoms with van der Waals surface area (Å²) in [6, 6.07) is 15.9. The number of aryl methyl sites for hydroxylation is 1. The van der Waals surface area contributed by atoms with Crippen molar-refractivity contribution in [1.82, 2.24) is 14.8 Å². The molecule has 1 fully saturated rings. The van der Waals surface area contributed by atoms with Crippen molar-refractivity contribution < 1.29 is 19.1 Å². The van der Waals surface area contributed by atoms with E-state index in [-0.39, 0.29) is 24.2 Å². The Balaban J connectivity index is 1.22. The van der Waals surface area contributed by atoms with Crippen LogP contribution in [0.4, 0.5) is 0 Å². The van der Waals surface area contributed by atoms with Gasteiger partial charge in [0.15, 0.2) is 12.4 Å². The van der Waals surface area contributed by atoms with E-state index in [1.54, 1.807) is 46.2 Å². The summed E-state index contributed by atoms with van der Waals surface area (Å²) >= 11 is 1.49. The number of rotatable bonds is 7. The maximum Gasteiger partial charge on any atom is 0.260 e. The lowest BCUT2D eigenvalue weighted by Crippen LogP contribution is -2.52. The third-order valence-corrected chi connectivity index (χ3v) is 6.44. The van der Waals surface area contributed by atoms with Crippen LogP contribution in [0.1, 0.15) is 26.6 Å². The number of amides is 2. The molecule has 0 spiro atoms. The average Bonchev–Trinajstić information content (AvgIpc) is 3.27. The fourth-order valence-electron chi connectivity index (χ4n) is 3.63. The summed E-state index contributed by atoms with van der Waals surface area (Å²) in [6.45, 7) is 3.80. The summed E-state index contributed by atoms with van der Waals surface area (Å²) in [4.78, 5) is 45.3. The molecule has 8 heteroatoms. The van der Waals surface area contributed by atoms with Crippen LogP contribution in [0.25, 0.3) is 0 Å². The smallest absolute Gasteiger partial charge is 0.260 e. The molecule has 1 aromatic heterocycles. The van der Waals surface area contributed by atoms with Gasteiger partial charge in [-0.3, -0.25) is 14.4 Å². The lowest BCUT2D eigenvalue weighted by molar-refractivity contribution is -0.140. The minimum absolute atomic E-state index is 0.0397. The maximum absolute atomic E-state index is 12.5. The van der Waals surface area contributed by atoms with E-state index in [1.165, 1.54) is 11.3 Å². The highest BCUT2D eigenvalue weighted by molar-refractivity contribution is 7.09. The Morgan fingerprint density at radius 2 is 1.48 bits per heavy atom. The van der Waals surface area contributed by atoms with Crippen molar-refractivity contribution in [2.75, 3.05) is 32.8 Å². The van der Waals surface area contributed by atoms with Crippen molar-refractivity contribution in [2.24, 2.45) is 0 Å². The Labute approximate surface area is 196 Å². The van der Waals surface area contributed by atoms with Crippen LogP contribution < -0.4 is 4.74 Å². The van der Waals surface area contributed by atoms with Gasteiger partial charge in [0.2, 0.25) is 5.91 Å². The Bertz CT molecular complexity index is 1120. The van der Waals surface area contributed by atoms with Gasteiger partial charge < -0.3 is 14.5 Å². The predicted molar refractivity (Wildman–Crippen MR) is 126 cm³/mol. The quantitative estimate of drug-likeness (QED) is 0.504. The number of aromatic nitrogens is 1. The number of nitrogens with zero attached hydrogens (tertiary/aromatic N) is 3. The highest BCUT2D eigenvalue weighted by atomic mass is 32.1. The molecule has 3 aromatic rings. The van der Waals surface area contributed by atoms with Crippen LogP contribution in [0.3, 0.4) is 0 Å². The number of benzene rings is 2. The molecule has 0 saturated carbocycles. The predicted octanol–water partition coefficient (Wildman–Crippen LogP) is 2.97. The second-order valence-corrected chi connectivity index (χ2v) is 8.77. The second kappa shape index (κ2) is 10.4. The lowest BCUT2D eigenvalue weighted by Gasteiger charge is -2.34. The first-order valence-corrected chi connectivity index (χ1v) is 11.7. The molecule has 2 amide bonds. The van der Waals surface area contributed by atoms with Gasteiger partial charge in [0.1, 0.15) is 10.8 Å².